The molecule has 3 N–H and O–H groups in total. The molecule has 0 aliphatic heterocycles. The van der Waals surface area contributed by atoms with Crippen LogP contribution in [0.2, 0.25) is 0 Å². The number of carbonyl (C=O) groups excluding carboxylic acids is 1. The van der Waals surface area contributed by atoms with Crippen molar-refractivity contribution in [2.75, 3.05) is 6.54 Å². The predicted octanol–water partition coefficient (Wildman–Crippen LogP) is 2.80. The van der Waals surface area contributed by atoms with E-state index in [1.807, 2.05) is 30.3 Å². The van der Waals surface area contributed by atoms with E-state index in [1.54, 1.807) is 0 Å². The smallest absolute Gasteiger partial charge is 0.315 e. The van der Waals surface area contributed by atoms with E-state index in [1.165, 1.54) is 0 Å². The lowest BCUT2D eigenvalue weighted by molar-refractivity contribution is -0.137. The van der Waals surface area contributed by atoms with Crippen LogP contribution in [0.15, 0.2) is 41.4 Å². The van der Waals surface area contributed by atoms with Crippen LogP contribution in [0, 0.1) is 0 Å². The lowest BCUT2D eigenvalue weighted by Crippen LogP contribution is -2.38. The molecule has 0 spiro atoms. The van der Waals surface area contributed by atoms with E-state index >= 15 is 0 Å². The molecule has 0 bridgehead atoms. The van der Waals surface area contributed by atoms with E-state index in [0.29, 0.717) is 17.4 Å². The quantitative estimate of drug-likeness (QED) is 0.714. The molecule has 1 atom stereocenters. The first kappa shape index (κ1) is 16.2. The third-order valence-electron chi connectivity index (χ3n) is 2.59. The Morgan fingerprint density at radius 3 is 2.50 bits per heavy atom. The number of benzene rings is 1. The highest BCUT2D eigenvalue weighted by molar-refractivity contribution is 9.11. The summed E-state index contributed by atoms with van der Waals surface area (Å²) in [4.78, 5) is 22.4. The number of carbonyl (C=O) groups is 2. The Balaban J connectivity index is 2.65. The lowest BCUT2D eigenvalue weighted by atomic mass is 10.0. The van der Waals surface area contributed by atoms with Crippen molar-refractivity contribution < 1.29 is 14.7 Å². The average molecular weight is 341 g/mol. The maximum absolute atomic E-state index is 11.7. The Bertz CT molecular complexity index is 477. The first-order valence-corrected chi connectivity index (χ1v) is 6.92. The van der Waals surface area contributed by atoms with Crippen molar-refractivity contribution in [3.05, 3.63) is 47.0 Å². The number of carboxylic acids is 1. The maximum Gasteiger partial charge on any atom is 0.315 e. The number of aliphatic carboxylic acids is 1. The fraction of sp³-hybridized carbons (Fsp3) is 0.286. The van der Waals surface area contributed by atoms with Crippen LogP contribution >= 0.6 is 15.9 Å². The Labute approximate surface area is 126 Å². The van der Waals surface area contributed by atoms with Gasteiger partial charge in [-0.1, -0.05) is 52.8 Å². The number of hydrogen-bond acceptors (Lipinski definition) is 2. The number of urea groups is 1. The molecular weight excluding hydrogens is 324 g/mol. The molecule has 5 nitrogen and oxygen atoms in total. The van der Waals surface area contributed by atoms with Crippen molar-refractivity contribution in [1.29, 1.82) is 0 Å². The molecule has 1 aromatic rings. The van der Waals surface area contributed by atoms with Crippen molar-refractivity contribution in [3.63, 3.8) is 0 Å². The second-order valence-electron chi connectivity index (χ2n) is 4.24. The van der Waals surface area contributed by atoms with Gasteiger partial charge in [0, 0.05) is 10.9 Å². The van der Waals surface area contributed by atoms with Crippen molar-refractivity contribution in [3.8, 4) is 0 Å². The van der Waals surface area contributed by atoms with Crippen LogP contribution < -0.4 is 10.6 Å². The second-order valence-corrected chi connectivity index (χ2v) is 5.36. The second kappa shape index (κ2) is 8.37. The van der Waals surface area contributed by atoms with Crippen LogP contribution in [0.4, 0.5) is 4.79 Å². The minimum atomic E-state index is -0.887. The van der Waals surface area contributed by atoms with Gasteiger partial charge in [0.15, 0.2) is 0 Å². The molecule has 1 rings (SSSR count). The van der Waals surface area contributed by atoms with E-state index in [9.17, 15) is 9.59 Å². The predicted molar refractivity (Wildman–Crippen MR) is 80.7 cm³/mol. The molecule has 1 aromatic carbocycles. The summed E-state index contributed by atoms with van der Waals surface area (Å²) in [6, 6.07) is 8.59. The number of hydrogen-bond donors (Lipinski definition) is 3. The molecule has 0 radical (unpaired) electrons. The van der Waals surface area contributed by atoms with Crippen LogP contribution in [-0.4, -0.2) is 23.7 Å². The zero-order valence-electron chi connectivity index (χ0n) is 10.9. The zero-order chi connectivity index (χ0) is 15.0. The Morgan fingerprint density at radius 2 is 1.95 bits per heavy atom. The minimum Gasteiger partial charge on any atom is -0.481 e. The summed E-state index contributed by atoms with van der Waals surface area (Å²) in [6.07, 6.45) is 0.326. The van der Waals surface area contributed by atoms with Crippen LogP contribution in [0.1, 0.15) is 24.4 Å². The first-order chi connectivity index (χ1) is 9.49. The van der Waals surface area contributed by atoms with Gasteiger partial charge in [0.05, 0.1) is 12.6 Å². The third kappa shape index (κ3) is 6.38. The van der Waals surface area contributed by atoms with Crippen molar-refractivity contribution in [1.82, 2.24) is 10.6 Å². The van der Waals surface area contributed by atoms with Gasteiger partial charge in [-0.05, 0) is 12.0 Å². The summed E-state index contributed by atoms with van der Waals surface area (Å²) in [5.41, 5.74) is 0.876. The summed E-state index contributed by atoms with van der Waals surface area (Å²) in [5, 5.41) is 14.2. The van der Waals surface area contributed by atoms with Gasteiger partial charge in [-0.15, -0.1) is 0 Å². The standard InChI is InChI=1S/C14H17BrN2O3/c1-10(15)9-16-14(20)17-12(7-8-13(18)19)11-5-3-2-4-6-11/h2-6,12H,1,7-9H2,(H,18,19)(H2,16,17,20). The van der Waals surface area contributed by atoms with E-state index in [-0.39, 0.29) is 18.5 Å². The van der Waals surface area contributed by atoms with Crippen LogP contribution in [0.5, 0.6) is 0 Å². The Hall–Kier alpha value is -1.82. The molecule has 2 amide bonds. The minimum absolute atomic E-state index is 0.00893. The van der Waals surface area contributed by atoms with Crippen LogP contribution in [0.3, 0.4) is 0 Å². The SMILES string of the molecule is C=C(Br)CNC(=O)NC(CCC(=O)O)c1ccccc1. The molecule has 1 unspecified atom stereocenters. The van der Waals surface area contributed by atoms with Crippen molar-refractivity contribution in [2.24, 2.45) is 0 Å². The van der Waals surface area contributed by atoms with Gasteiger partial charge in [-0.25, -0.2) is 4.79 Å². The fourth-order valence-corrected chi connectivity index (χ4v) is 1.80. The largest absolute Gasteiger partial charge is 0.481 e. The molecule has 0 aliphatic carbocycles. The van der Waals surface area contributed by atoms with Crippen molar-refractivity contribution >= 4 is 27.9 Å². The molecule has 108 valence electrons. The molecule has 0 saturated heterocycles. The summed E-state index contributed by atoms with van der Waals surface area (Å²) in [5.74, 6) is -0.887. The van der Waals surface area contributed by atoms with E-state index in [4.69, 9.17) is 5.11 Å². The molecule has 0 saturated carbocycles. The average Bonchev–Trinajstić information content (AvgIpc) is 2.42. The van der Waals surface area contributed by atoms with Crippen LogP contribution in [-0.2, 0) is 4.79 Å². The number of amides is 2. The molecule has 0 aliphatic rings. The highest BCUT2D eigenvalue weighted by atomic mass is 79.9. The monoisotopic (exact) mass is 340 g/mol. The maximum atomic E-state index is 11.7. The van der Waals surface area contributed by atoms with Gasteiger partial charge < -0.3 is 15.7 Å². The molecule has 20 heavy (non-hydrogen) atoms. The van der Waals surface area contributed by atoms with Gasteiger partial charge in [0.1, 0.15) is 0 Å². The molecule has 0 heterocycles. The molecule has 6 heteroatoms. The summed E-state index contributed by atoms with van der Waals surface area (Å²) in [7, 11) is 0. The van der Waals surface area contributed by atoms with Gasteiger partial charge in [-0.3, -0.25) is 4.79 Å². The number of halogens is 1. The van der Waals surface area contributed by atoms with Crippen LogP contribution in [0.25, 0.3) is 0 Å². The van der Waals surface area contributed by atoms with E-state index < -0.39 is 5.97 Å². The third-order valence-corrected chi connectivity index (χ3v) is 2.88. The van der Waals surface area contributed by atoms with Crippen molar-refractivity contribution in [2.45, 2.75) is 18.9 Å². The zero-order valence-corrected chi connectivity index (χ0v) is 12.5. The molecule has 0 fully saturated rings. The number of carboxylic acid groups (broad SMARTS) is 1. The van der Waals surface area contributed by atoms with E-state index in [2.05, 4.69) is 33.1 Å². The van der Waals surface area contributed by atoms with Gasteiger partial charge in [0.25, 0.3) is 0 Å². The summed E-state index contributed by atoms with van der Waals surface area (Å²) >= 11 is 3.15. The first-order valence-electron chi connectivity index (χ1n) is 6.13. The molecular formula is C14H17BrN2O3. The highest BCUT2D eigenvalue weighted by Gasteiger charge is 2.15. The van der Waals surface area contributed by atoms with Gasteiger partial charge >= 0.3 is 12.0 Å². The fourth-order valence-electron chi connectivity index (χ4n) is 1.66. The van der Waals surface area contributed by atoms with Gasteiger partial charge in [-0.2, -0.15) is 0 Å². The normalized spacial score (nSPS) is 11.4. The Morgan fingerprint density at radius 1 is 1.30 bits per heavy atom. The summed E-state index contributed by atoms with van der Waals surface area (Å²) < 4.78 is 0.662. The Kier molecular flexibility index (Phi) is 6.79. The molecule has 0 aromatic heterocycles. The topological polar surface area (TPSA) is 78.4 Å². The highest BCUT2D eigenvalue weighted by Crippen LogP contribution is 2.18. The van der Waals surface area contributed by atoms with E-state index in [0.717, 1.165) is 5.56 Å². The van der Waals surface area contributed by atoms with Gasteiger partial charge in [0.2, 0.25) is 0 Å². The number of rotatable bonds is 7. The lowest BCUT2D eigenvalue weighted by Gasteiger charge is -2.19. The summed E-state index contributed by atoms with van der Waals surface area (Å²) in [6.45, 7) is 3.93. The number of nitrogens with one attached hydrogen (secondary N) is 2.